The average Bonchev–Trinajstić information content (AvgIpc) is 2.90. The van der Waals surface area contributed by atoms with Gasteiger partial charge in [0, 0.05) is 0 Å². The van der Waals surface area contributed by atoms with Gasteiger partial charge in [0.2, 0.25) is 0 Å². The van der Waals surface area contributed by atoms with Gasteiger partial charge in [-0.1, -0.05) is 0 Å². The molecule has 0 atom stereocenters. The van der Waals surface area contributed by atoms with E-state index in [1.54, 1.807) is 6.56 Å². The van der Waals surface area contributed by atoms with E-state index >= 15 is 0 Å². The summed E-state index contributed by atoms with van der Waals surface area (Å²) in [4.78, 5) is 0. The SMILES string of the molecule is CC1=[C]([Zr]([CH2]COCl)[C]2=C(C)C=CC2)CC=C1. The number of allylic oxidation sites excluding steroid dienone is 8. The van der Waals surface area contributed by atoms with Crippen molar-refractivity contribution in [2.45, 2.75) is 30.8 Å². The zero-order valence-electron chi connectivity index (χ0n) is 10.4. The molecule has 2 aliphatic rings. The Hall–Kier alpha value is 0.0931. The van der Waals surface area contributed by atoms with Crippen molar-refractivity contribution in [3.05, 3.63) is 42.0 Å². The first-order valence-electron chi connectivity index (χ1n) is 6.06. The molecule has 0 saturated heterocycles. The predicted molar refractivity (Wildman–Crippen MR) is 69.5 cm³/mol. The molecule has 0 unspecified atom stereocenters. The molecule has 3 heteroatoms. The summed E-state index contributed by atoms with van der Waals surface area (Å²) < 4.78 is 9.44. The zero-order chi connectivity index (χ0) is 12.3. The van der Waals surface area contributed by atoms with E-state index in [2.05, 4.69) is 38.2 Å². The molecule has 0 bridgehead atoms. The molecule has 0 aromatic carbocycles. The number of halogens is 1. The van der Waals surface area contributed by atoms with Gasteiger partial charge in [0.15, 0.2) is 0 Å². The van der Waals surface area contributed by atoms with Gasteiger partial charge < -0.3 is 0 Å². The van der Waals surface area contributed by atoms with Gasteiger partial charge >= 0.3 is 117 Å². The molecule has 17 heavy (non-hydrogen) atoms. The molecule has 1 nitrogen and oxygen atoms in total. The van der Waals surface area contributed by atoms with Crippen molar-refractivity contribution in [3.63, 3.8) is 0 Å². The fraction of sp³-hybridized carbons (Fsp3) is 0.429. The second-order valence-electron chi connectivity index (χ2n) is 4.58. The number of hydrogen-bond acceptors (Lipinski definition) is 1. The molecule has 0 saturated carbocycles. The molecule has 0 spiro atoms. The van der Waals surface area contributed by atoms with Crippen molar-refractivity contribution in [2.75, 3.05) is 6.61 Å². The van der Waals surface area contributed by atoms with E-state index < -0.39 is 21.8 Å². The van der Waals surface area contributed by atoms with Crippen LogP contribution in [0.2, 0.25) is 4.13 Å². The van der Waals surface area contributed by atoms with Gasteiger partial charge in [-0.25, -0.2) is 0 Å². The normalized spacial score (nSPS) is 18.8. The van der Waals surface area contributed by atoms with Crippen LogP contribution in [-0.2, 0) is 26.0 Å². The number of hydrogen-bond donors (Lipinski definition) is 0. The Morgan fingerprint density at radius 3 is 2.00 bits per heavy atom. The van der Waals surface area contributed by atoms with Crippen molar-refractivity contribution in [3.8, 4) is 0 Å². The molecule has 0 radical (unpaired) electrons. The molecule has 2 aliphatic carbocycles. The third-order valence-electron chi connectivity index (χ3n) is 3.49. The third kappa shape index (κ3) is 3.10. The molecule has 0 aromatic heterocycles. The predicted octanol–water partition coefficient (Wildman–Crippen LogP) is 4.66. The van der Waals surface area contributed by atoms with Crippen LogP contribution >= 0.6 is 11.9 Å². The molecular weight excluding hydrogens is 311 g/mol. The van der Waals surface area contributed by atoms with Crippen LogP contribution in [0.3, 0.4) is 0 Å². The average molecular weight is 329 g/mol. The molecular formula is C14H18ClOZr. The Bertz CT molecular complexity index is 382. The second-order valence-corrected chi connectivity index (χ2v) is 11.3. The molecule has 91 valence electrons. The molecule has 0 aromatic rings. The molecule has 2 rings (SSSR count). The minimum absolute atomic E-state index is 0.698. The van der Waals surface area contributed by atoms with Gasteiger partial charge in [-0.3, -0.25) is 0 Å². The van der Waals surface area contributed by atoms with Crippen LogP contribution in [0, 0.1) is 0 Å². The van der Waals surface area contributed by atoms with Gasteiger partial charge in [-0.05, 0) is 0 Å². The van der Waals surface area contributed by atoms with Crippen LogP contribution in [0.4, 0.5) is 0 Å². The molecule has 0 fully saturated rings. The van der Waals surface area contributed by atoms with Crippen LogP contribution in [0.15, 0.2) is 42.0 Å². The van der Waals surface area contributed by atoms with Crippen molar-refractivity contribution >= 4 is 11.9 Å². The van der Waals surface area contributed by atoms with Gasteiger partial charge in [-0.15, -0.1) is 0 Å². The van der Waals surface area contributed by atoms with Crippen molar-refractivity contribution in [2.24, 2.45) is 0 Å². The Morgan fingerprint density at radius 1 is 1.12 bits per heavy atom. The topological polar surface area (TPSA) is 9.23 Å². The maximum absolute atomic E-state index is 5.40. The molecule has 0 heterocycles. The Balaban J connectivity index is 2.20. The first kappa shape index (κ1) is 13.5. The molecule has 0 amide bonds. The summed E-state index contributed by atoms with van der Waals surface area (Å²) in [5.41, 5.74) is 3.00. The van der Waals surface area contributed by atoms with Gasteiger partial charge in [0.25, 0.3) is 0 Å². The van der Waals surface area contributed by atoms with Crippen molar-refractivity contribution in [1.29, 1.82) is 0 Å². The molecule has 0 aliphatic heterocycles. The summed E-state index contributed by atoms with van der Waals surface area (Å²) >= 11 is 3.71. The first-order valence-corrected chi connectivity index (χ1v) is 10.6. The van der Waals surface area contributed by atoms with Crippen LogP contribution in [0.1, 0.15) is 26.7 Å². The standard InChI is InChI=1S/2C6H7.C2H4ClO.Zr/c2*1-6-4-2-3-5-6;1-2-4-3;/h2*2,4H,3H2,1H3;1-2H2;. The van der Waals surface area contributed by atoms with Crippen LogP contribution < -0.4 is 0 Å². The van der Waals surface area contributed by atoms with E-state index in [1.165, 1.54) is 28.1 Å². The zero-order valence-corrected chi connectivity index (χ0v) is 13.6. The van der Waals surface area contributed by atoms with Crippen LogP contribution in [0.5, 0.6) is 0 Å². The maximum atomic E-state index is 5.40. The summed E-state index contributed by atoms with van der Waals surface area (Å²) in [7, 11) is 0. The summed E-state index contributed by atoms with van der Waals surface area (Å²) in [5, 5.41) is 0. The summed E-state index contributed by atoms with van der Waals surface area (Å²) in [6.45, 7) is 5.20. The second kappa shape index (κ2) is 6.32. The Kier molecular flexibility index (Phi) is 5.02. The fourth-order valence-electron chi connectivity index (χ4n) is 2.58. The number of rotatable bonds is 5. The Labute approximate surface area is 117 Å². The van der Waals surface area contributed by atoms with E-state index in [0.29, 0.717) is 6.61 Å². The van der Waals surface area contributed by atoms with Crippen LogP contribution in [-0.4, -0.2) is 6.61 Å². The fourth-order valence-corrected chi connectivity index (χ4v) is 10.6. The summed E-state index contributed by atoms with van der Waals surface area (Å²) in [5.74, 6) is 0. The monoisotopic (exact) mass is 327 g/mol. The van der Waals surface area contributed by atoms with Crippen LogP contribution in [0.25, 0.3) is 0 Å². The molecule has 0 N–H and O–H groups in total. The van der Waals surface area contributed by atoms with Gasteiger partial charge in [0.05, 0.1) is 0 Å². The van der Waals surface area contributed by atoms with E-state index in [0.717, 1.165) is 0 Å². The van der Waals surface area contributed by atoms with Crippen molar-refractivity contribution < 1.29 is 26.0 Å². The van der Waals surface area contributed by atoms with E-state index in [4.69, 9.17) is 16.2 Å². The Morgan fingerprint density at radius 2 is 1.65 bits per heavy atom. The van der Waals surface area contributed by atoms with E-state index in [1.807, 2.05) is 0 Å². The first-order chi connectivity index (χ1) is 8.24. The third-order valence-corrected chi connectivity index (χ3v) is 11.9. The minimum atomic E-state index is -1.69. The van der Waals surface area contributed by atoms with Crippen molar-refractivity contribution in [1.82, 2.24) is 0 Å². The van der Waals surface area contributed by atoms with Gasteiger partial charge in [-0.2, -0.15) is 0 Å². The quantitative estimate of drug-likeness (QED) is 0.713. The van der Waals surface area contributed by atoms with E-state index in [-0.39, 0.29) is 0 Å². The summed E-state index contributed by atoms with van der Waals surface area (Å²) in [6.07, 6.45) is 11.5. The van der Waals surface area contributed by atoms with Gasteiger partial charge in [0.1, 0.15) is 0 Å². The van der Waals surface area contributed by atoms with E-state index in [9.17, 15) is 0 Å². The summed E-state index contributed by atoms with van der Waals surface area (Å²) in [6, 6.07) is 0.